The van der Waals surface area contributed by atoms with E-state index in [1.54, 1.807) is 46.3 Å². The molecule has 4 rings (SSSR count). The molecule has 0 N–H and O–H groups in total. The Morgan fingerprint density at radius 3 is 2.46 bits per heavy atom. The first-order chi connectivity index (χ1) is 19.7. The Morgan fingerprint density at radius 2 is 1.80 bits per heavy atom. The van der Waals surface area contributed by atoms with E-state index in [1.165, 1.54) is 15.9 Å². The van der Waals surface area contributed by atoms with Crippen LogP contribution in [0.2, 0.25) is 0 Å². The van der Waals surface area contributed by atoms with Gasteiger partial charge in [0.2, 0.25) is 0 Å². The monoisotopic (exact) mass is 580 g/mol. The lowest BCUT2D eigenvalue weighted by molar-refractivity contribution is -0.139. The minimum Gasteiger partial charge on any atom is -0.493 e. The molecule has 0 saturated carbocycles. The number of allylic oxidation sites excluding steroid dienone is 1. The molecule has 1 aliphatic rings. The molecule has 0 amide bonds. The molecular weight excluding hydrogens is 544 g/mol. The molecule has 0 spiro atoms. The van der Waals surface area contributed by atoms with Gasteiger partial charge in [0.1, 0.15) is 6.04 Å². The van der Waals surface area contributed by atoms with Crippen LogP contribution >= 0.6 is 11.3 Å². The van der Waals surface area contributed by atoms with E-state index >= 15 is 0 Å². The third-order valence-corrected chi connectivity index (χ3v) is 7.37. The van der Waals surface area contributed by atoms with Crippen LogP contribution < -0.4 is 33.8 Å². The number of rotatable bonds is 11. The second kappa shape index (κ2) is 13.1. The molecule has 3 aromatic rings. The zero-order valence-electron chi connectivity index (χ0n) is 24.5. The van der Waals surface area contributed by atoms with Crippen molar-refractivity contribution in [2.24, 2.45) is 10.9 Å². The molecule has 218 valence electrons. The number of thiazole rings is 1. The molecule has 0 fully saturated rings. The summed E-state index contributed by atoms with van der Waals surface area (Å²) >= 11 is 1.24. The fraction of sp³-hybridized carbons (Fsp3) is 0.387. The first-order valence-electron chi connectivity index (χ1n) is 13.5. The van der Waals surface area contributed by atoms with Gasteiger partial charge in [0.25, 0.3) is 5.56 Å². The van der Waals surface area contributed by atoms with Crippen LogP contribution in [0.3, 0.4) is 0 Å². The standard InChI is InChI=1S/C31H36N2O7S/c1-8-38-28-21(11-10-12-23(28)36-6)27-26(30(35)39-9-2)19(5)32-31-33(27)29(34)25(41-31)16-20-13-14-22(24(15-20)37-7)40-17-18(3)4/h10-16,18,27H,8-9,17H2,1-7H3/b25-16+/t27-/m0/s1. The van der Waals surface area contributed by atoms with E-state index in [9.17, 15) is 9.59 Å². The quantitative estimate of drug-likeness (QED) is 0.313. The van der Waals surface area contributed by atoms with Crippen molar-refractivity contribution in [3.63, 3.8) is 0 Å². The van der Waals surface area contributed by atoms with Gasteiger partial charge in [0.15, 0.2) is 27.8 Å². The lowest BCUT2D eigenvalue weighted by Crippen LogP contribution is -2.40. The van der Waals surface area contributed by atoms with Crippen molar-refractivity contribution < 1.29 is 28.5 Å². The Kier molecular flexibility index (Phi) is 9.54. The summed E-state index contributed by atoms with van der Waals surface area (Å²) in [5.41, 5.74) is 1.81. The lowest BCUT2D eigenvalue weighted by atomic mass is 9.94. The first kappa shape index (κ1) is 29.9. The van der Waals surface area contributed by atoms with E-state index in [1.807, 2.05) is 31.2 Å². The van der Waals surface area contributed by atoms with Gasteiger partial charge in [-0.2, -0.15) is 0 Å². The Bertz CT molecular complexity index is 1630. The van der Waals surface area contributed by atoms with Crippen molar-refractivity contribution >= 4 is 23.4 Å². The molecule has 2 heterocycles. The first-order valence-corrected chi connectivity index (χ1v) is 14.4. The number of fused-ring (bicyclic) bond motifs is 1. The average Bonchev–Trinajstić information content (AvgIpc) is 3.25. The van der Waals surface area contributed by atoms with Crippen LogP contribution in [0.5, 0.6) is 23.0 Å². The third-order valence-electron chi connectivity index (χ3n) is 6.39. The van der Waals surface area contributed by atoms with E-state index < -0.39 is 12.0 Å². The molecule has 1 aromatic heterocycles. The Morgan fingerprint density at radius 1 is 1.05 bits per heavy atom. The van der Waals surface area contributed by atoms with Crippen molar-refractivity contribution in [3.8, 4) is 23.0 Å². The molecule has 0 unspecified atom stereocenters. The van der Waals surface area contributed by atoms with Crippen LogP contribution in [0.25, 0.3) is 6.08 Å². The number of nitrogens with zero attached hydrogens (tertiary/aromatic N) is 2. The number of esters is 1. The number of carbonyl (C=O) groups is 1. The predicted octanol–water partition coefficient (Wildman–Crippen LogP) is 4.25. The smallest absolute Gasteiger partial charge is 0.338 e. The van der Waals surface area contributed by atoms with Crippen LogP contribution in [0.15, 0.2) is 57.5 Å². The number of carbonyl (C=O) groups excluding carboxylic acids is 1. The van der Waals surface area contributed by atoms with Crippen LogP contribution in [0.1, 0.15) is 51.8 Å². The van der Waals surface area contributed by atoms with Gasteiger partial charge in [-0.15, -0.1) is 0 Å². The lowest BCUT2D eigenvalue weighted by Gasteiger charge is -2.26. The number of aromatic nitrogens is 1. The van der Waals surface area contributed by atoms with Crippen LogP contribution in [-0.4, -0.2) is 44.6 Å². The van der Waals surface area contributed by atoms with Gasteiger partial charge >= 0.3 is 5.97 Å². The second-order valence-electron chi connectivity index (χ2n) is 9.73. The number of methoxy groups -OCH3 is 2. The van der Waals surface area contributed by atoms with Crippen molar-refractivity contribution in [2.75, 3.05) is 34.0 Å². The topological polar surface area (TPSA) is 97.6 Å². The molecular formula is C31H36N2O7S. The van der Waals surface area contributed by atoms with Crippen molar-refractivity contribution in [3.05, 3.63) is 78.5 Å². The largest absolute Gasteiger partial charge is 0.493 e. The van der Waals surface area contributed by atoms with Crippen LogP contribution in [-0.2, 0) is 9.53 Å². The molecule has 1 aliphatic heterocycles. The molecule has 10 heteroatoms. The Balaban J connectivity index is 1.92. The minimum atomic E-state index is -0.828. The van der Waals surface area contributed by atoms with Gasteiger partial charge in [0.05, 0.1) is 49.8 Å². The average molecular weight is 581 g/mol. The number of hydrogen-bond donors (Lipinski definition) is 0. The van der Waals surface area contributed by atoms with E-state index in [-0.39, 0.29) is 17.7 Å². The molecule has 2 aromatic carbocycles. The molecule has 0 radical (unpaired) electrons. The highest BCUT2D eigenvalue weighted by atomic mass is 32.1. The fourth-order valence-corrected chi connectivity index (χ4v) is 5.64. The van der Waals surface area contributed by atoms with Crippen LogP contribution in [0, 0.1) is 5.92 Å². The molecule has 1 atom stereocenters. The summed E-state index contributed by atoms with van der Waals surface area (Å²) in [4.78, 5) is 32.4. The van der Waals surface area contributed by atoms with Crippen LogP contribution in [0.4, 0.5) is 0 Å². The SMILES string of the molecule is CCOC(=O)C1=C(C)N=c2s/c(=C/c3ccc(OCC(C)C)c(OC)c3)c(=O)n2[C@H]1c1cccc(OC)c1OCC. The summed E-state index contributed by atoms with van der Waals surface area (Å²) in [5.74, 6) is 1.98. The summed E-state index contributed by atoms with van der Waals surface area (Å²) in [7, 11) is 3.13. The molecule has 0 aliphatic carbocycles. The molecule has 0 bridgehead atoms. The van der Waals surface area contributed by atoms with E-state index in [0.29, 0.717) is 62.7 Å². The van der Waals surface area contributed by atoms with Gasteiger partial charge in [-0.1, -0.05) is 43.4 Å². The number of benzene rings is 2. The number of ether oxygens (including phenoxy) is 5. The Labute approximate surface area is 243 Å². The van der Waals surface area contributed by atoms with Gasteiger partial charge in [-0.25, -0.2) is 9.79 Å². The summed E-state index contributed by atoms with van der Waals surface area (Å²) in [6.07, 6.45) is 1.79. The predicted molar refractivity (Wildman–Crippen MR) is 158 cm³/mol. The van der Waals surface area contributed by atoms with E-state index in [2.05, 4.69) is 18.8 Å². The van der Waals surface area contributed by atoms with Gasteiger partial charge in [-0.05, 0) is 56.5 Å². The van der Waals surface area contributed by atoms with Gasteiger partial charge in [-0.3, -0.25) is 9.36 Å². The third kappa shape index (κ3) is 6.17. The highest BCUT2D eigenvalue weighted by molar-refractivity contribution is 7.07. The van der Waals surface area contributed by atoms with Gasteiger partial charge < -0.3 is 23.7 Å². The Hall–Kier alpha value is -4.05. The fourth-order valence-electron chi connectivity index (χ4n) is 4.59. The van der Waals surface area contributed by atoms with Crippen molar-refractivity contribution in [2.45, 2.75) is 40.7 Å². The van der Waals surface area contributed by atoms with Crippen molar-refractivity contribution in [1.29, 1.82) is 0 Å². The molecule has 0 saturated heterocycles. The summed E-state index contributed by atoms with van der Waals surface area (Å²) in [5, 5.41) is 0. The van der Waals surface area contributed by atoms with E-state index in [0.717, 1.165) is 5.56 Å². The summed E-state index contributed by atoms with van der Waals surface area (Å²) in [6.45, 7) is 10.6. The zero-order valence-corrected chi connectivity index (χ0v) is 25.3. The van der Waals surface area contributed by atoms with Gasteiger partial charge in [0, 0.05) is 5.56 Å². The summed E-state index contributed by atoms with van der Waals surface area (Å²) < 4.78 is 30.4. The zero-order chi connectivity index (χ0) is 29.7. The summed E-state index contributed by atoms with van der Waals surface area (Å²) in [6, 6.07) is 10.1. The highest BCUT2D eigenvalue weighted by Gasteiger charge is 2.36. The highest BCUT2D eigenvalue weighted by Crippen LogP contribution is 2.40. The molecule has 9 nitrogen and oxygen atoms in total. The van der Waals surface area contributed by atoms with E-state index in [4.69, 9.17) is 23.7 Å². The number of hydrogen-bond acceptors (Lipinski definition) is 9. The number of para-hydroxylation sites is 1. The van der Waals surface area contributed by atoms with Crippen molar-refractivity contribution in [1.82, 2.24) is 4.57 Å². The maximum absolute atomic E-state index is 14.0. The minimum absolute atomic E-state index is 0.182. The normalized spacial score (nSPS) is 14.9. The molecule has 41 heavy (non-hydrogen) atoms. The second-order valence-corrected chi connectivity index (χ2v) is 10.7. The maximum atomic E-state index is 14.0. The maximum Gasteiger partial charge on any atom is 0.338 e.